The molecule has 0 spiro atoms. The molecule has 0 atom stereocenters. The summed E-state index contributed by atoms with van der Waals surface area (Å²) in [5, 5.41) is 7.01. The normalized spacial score (nSPS) is 12.7. The number of hydrazone groups is 1. The van der Waals surface area contributed by atoms with Crippen molar-refractivity contribution in [3.63, 3.8) is 0 Å². The zero-order valence-electron chi connectivity index (χ0n) is 14.7. The van der Waals surface area contributed by atoms with Crippen molar-refractivity contribution in [1.82, 2.24) is 5.43 Å². The van der Waals surface area contributed by atoms with Gasteiger partial charge in [-0.3, -0.25) is 4.79 Å². The molecule has 2 aromatic rings. The lowest BCUT2D eigenvalue weighted by atomic mass is 10.2. The molecule has 1 aliphatic rings. The molecule has 0 bridgehead atoms. The molecule has 7 nitrogen and oxygen atoms in total. The maximum Gasteiger partial charge on any atom is 0.259 e. The molecule has 1 amide bonds. The fourth-order valence-electron chi connectivity index (χ4n) is 2.44. The average molecular weight is 355 g/mol. The number of aryl methyl sites for hydroxylation is 1. The zero-order valence-corrected chi connectivity index (χ0v) is 14.7. The highest BCUT2D eigenvalue weighted by Crippen LogP contribution is 2.39. The third-order valence-corrected chi connectivity index (χ3v) is 3.76. The summed E-state index contributed by atoms with van der Waals surface area (Å²) in [6, 6.07) is 11.4. The molecular weight excluding hydrogens is 334 g/mol. The summed E-state index contributed by atoms with van der Waals surface area (Å²) in [4.78, 5) is 11.9. The van der Waals surface area contributed by atoms with E-state index in [1.165, 1.54) is 11.8 Å². The number of carbonyl (C=O) groups excluding carboxylic acids is 1. The Morgan fingerprint density at radius 1 is 1.23 bits per heavy atom. The quantitative estimate of drug-likeness (QED) is 0.614. The number of benzene rings is 2. The van der Waals surface area contributed by atoms with E-state index in [9.17, 15) is 4.79 Å². The lowest BCUT2D eigenvalue weighted by molar-refractivity contribution is -0.119. The molecule has 1 aliphatic heterocycles. The molecule has 136 valence electrons. The van der Waals surface area contributed by atoms with Crippen LogP contribution in [-0.4, -0.2) is 39.0 Å². The summed E-state index contributed by atoms with van der Waals surface area (Å²) in [6.45, 7) is 3.11. The Hall–Kier alpha value is -3.22. The van der Waals surface area contributed by atoms with Crippen molar-refractivity contribution in [3.05, 3.63) is 47.5 Å². The van der Waals surface area contributed by atoms with Crippen molar-refractivity contribution < 1.29 is 19.0 Å². The van der Waals surface area contributed by atoms with Crippen LogP contribution in [0, 0.1) is 6.92 Å². The first-order chi connectivity index (χ1) is 12.7. The monoisotopic (exact) mass is 355 g/mol. The van der Waals surface area contributed by atoms with Gasteiger partial charge in [0, 0.05) is 11.3 Å². The molecule has 2 aromatic carbocycles. The third kappa shape index (κ3) is 4.44. The number of nitrogens with zero attached hydrogens (tertiary/aromatic N) is 1. The van der Waals surface area contributed by atoms with Gasteiger partial charge in [0.2, 0.25) is 5.75 Å². The molecule has 7 heteroatoms. The van der Waals surface area contributed by atoms with Gasteiger partial charge >= 0.3 is 0 Å². The molecule has 0 saturated carbocycles. The van der Waals surface area contributed by atoms with E-state index in [-0.39, 0.29) is 12.5 Å². The van der Waals surface area contributed by atoms with Crippen molar-refractivity contribution >= 4 is 17.8 Å². The molecular formula is C19H21N3O4. The van der Waals surface area contributed by atoms with Gasteiger partial charge in [-0.05, 0) is 31.2 Å². The second kappa shape index (κ2) is 8.24. The first-order valence-corrected chi connectivity index (χ1v) is 8.26. The number of anilines is 1. The van der Waals surface area contributed by atoms with Gasteiger partial charge in [0.25, 0.3) is 5.91 Å². The number of hydrogen-bond acceptors (Lipinski definition) is 6. The van der Waals surface area contributed by atoms with Gasteiger partial charge in [0.15, 0.2) is 11.5 Å². The van der Waals surface area contributed by atoms with Crippen LogP contribution in [-0.2, 0) is 4.79 Å². The van der Waals surface area contributed by atoms with Crippen LogP contribution in [0.5, 0.6) is 17.2 Å². The summed E-state index contributed by atoms with van der Waals surface area (Å²) in [5.74, 6) is 1.51. The second-order valence-electron chi connectivity index (χ2n) is 5.76. The zero-order chi connectivity index (χ0) is 18.4. The van der Waals surface area contributed by atoms with Gasteiger partial charge in [-0.15, -0.1) is 0 Å². The molecule has 26 heavy (non-hydrogen) atoms. The Balaban J connectivity index is 1.56. The molecule has 0 unspecified atom stereocenters. The summed E-state index contributed by atoms with van der Waals surface area (Å²) in [6.07, 6.45) is 1.53. The van der Waals surface area contributed by atoms with E-state index in [1.54, 1.807) is 19.2 Å². The summed E-state index contributed by atoms with van der Waals surface area (Å²) in [5.41, 5.74) is 5.27. The number of hydrogen-bond donors (Lipinski definition) is 2. The smallest absolute Gasteiger partial charge is 0.259 e. The minimum Gasteiger partial charge on any atom is -0.493 e. The number of nitrogens with one attached hydrogen (secondary N) is 2. The van der Waals surface area contributed by atoms with Crippen molar-refractivity contribution in [2.24, 2.45) is 5.10 Å². The fraction of sp³-hybridized carbons (Fsp3) is 0.263. The number of fused-ring (bicyclic) bond motifs is 1. The van der Waals surface area contributed by atoms with Crippen LogP contribution in [0.4, 0.5) is 5.69 Å². The molecule has 0 saturated heterocycles. The van der Waals surface area contributed by atoms with Gasteiger partial charge in [0.1, 0.15) is 13.2 Å². The first kappa shape index (κ1) is 17.6. The molecule has 1 heterocycles. The number of rotatable bonds is 6. The SMILES string of the molecule is COc1cc(/C=N\NC(=O)CNc2ccc(C)cc2)cc2c1OCCO2. The van der Waals surface area contributed by atoms with Crippen molar-refractivity contribution in [1.29, 1.82) is 0 Å². The highest BCUT2D eigenvalue weighted by molar-refractivity contribution is 5.85. The van der Waals surface area contributed by atoms with E-state index in [1.807, 2.05) is 31.2 Å². The summed E-state index contributed by atoms with van der Waals surface area (Å²) >= 11 is 0. The summed E-state index contributed by atoms with van der Waals surface area (Å²) < 4.78 is 16.4. The Kier molecular flexibility index (Phi) is 5.58. The topological polar surface area (TPSA) is 81.2 Å². The summed E-state index contributed by atoms with van der Waals surface area (Å²) in [7, 11) is 1.56. The van der Waals surface area contributed by atoms with Crippen molar-refractivity contribution in [3.8, 4) is 17.2 Å². The first-order valence-electron chi connectivity index (χ1n) is 8.26. The van der Waals surface area contributed by atoms with E-state index in [2.05, 4.69) is 15.8 Å². The lowest BCUT2D eigenvalue weighted by Gasteiger charge is -2.20. The van der Waals surface area contributed by atoms with Crippen LogP contribution < -0.4 is 25.0 Å². The van der Waals surface area contributed by atoms with Gasteiger partial charge in [0.05, 0.1) is 19.9 Å². The Labute approximate surface area is 152 Å². The van der Waals surface area contributed by atoms with E-state index in [0.717, 1.165) is 11.3 Å². The van der Waals surface area contributed by atoms with E-state index in [0.29, 0.717) is 30.5 Å². The van der Waals surface area contributed by atoms with Crippen molar-refractivity contribution in [2.75, 3.05) is 32.2 Å². The number of carbonyl (C=O) groups is 1. The molecule has 3 rings (SSSR count). The maximum absolute atomic E-state index is 11.9. The molecule has 0 aromatic heterocycles. The van der Waals surface area contributed by atoms with Gasteiger partial charge in [-0.2, -0.15) is 5.10 Å². The van der Waals surface area contributed by atoms with Gasteiger partial charge in [-0.25, -0.2) is 5.43 Å². The molecule has 0 radical (unpaired) electrons. The number of methoxy groups -OCH3 is 1. The number of amides is 1. The highest BCUT2D eigenvalue weighted by atomic mass is 16.6. The average Bonchev–Trinajstić information content (AvgIpc) is 2.67. The Morgan fingerprint density at radius 3 is 2.77 bits per heavy atom. The standard InChI is InChI=1S/C19H21N3O4/c1-13-3-5-15(6-4-13)20-12-18(23)22-21-11-14-9-16(24-2)19-17(10-14)25-7-8-26-19/h3-6,9-11,20H,7-8,12H2,1-2H3,(H,22,23)/b21-11-. The predicted octanol–water partition coefficient (Wildman–Crippen LogP) is 2.34. The Morgan fingerprint density at radius 2 is 2.00 bits per heavy atom. The molecule has 2 N–H and O–H groups in total. The minimum atomic E-state index is -0.244. The maximum atomic E-state index is 11.9. The number of ether oxygens (including phenoxy) is 3. The van der Waals surface area contributed by atoms with Gasteiger partial charge in [-0.1, -0.05) is 17.7 Å². The van der Waals surface area contributed by atoms with Crippen LogP contribution in [0.2, 0.25) is 0 Å². The van der Waals surface area contributed by atoms with Crippen LogP contribution in [0.25, 0.3) is 0 Å². The highest BCUT2D eigenvalue weighted by Gasteiger charge is 2.17. The third-order valence-electron chi connectivity index (χ3n) is 3.76. The molecule has 0 aliphatic carbocycles. The van der Waals surface area contributed by atoms with E-state index in [4.69, 9.17) is 14.2 Å². The Bertz CT molecular complexity index is 786. The van der Waals surface area contributed by atoms with Gasteiger partial charge < -0.3 is 19.5 Å². The van der Waals surface area contributed by atoms with E-state index >= 15 is 0 Å². The van der Waals surface area contributed by atoms with E-state index < -0.39 is 0 Å². The molecule has 0 fully saturated rings. The van der Waals surface area contributed by atoms with Crippen molar-refractivity contribution in [2.45, 2.75) is 6.92 Å². The van der Waals surface area contributed by atoms with Crippen LogP contribution in [0.1, 0.15) is 11.1 Å². The van der Waals surface area contributed by atoms with Crippen LogP contribution in [0.3, 0.4) is 0 Å². The fourth-order valence-corrected chi connectivity index (χ4v) is 2.44. The van der Waals surface area contributed by atoms with Crippen LogP contribution in [0.15, 0.2) is 41.5 Å². The predicted molar refractivity (Wildman–Crippen MR) is 99.4 cm³/mol. The lowest BCUT2D eigenvalue weighted by Crippen LogP contribution is -2.25. The largest absolute Gasteiger partial charge is 0.493 e. The van der Waals surface area contributed by atoms with Crippen LogP contribution >= 0.6 is 0 Å². The minimum absolute atomic E-state index is 0.130. The second-order valence-corrected chi connectivity index (χ2v) is 5.76.